The number of hydrogen-bond acceptors (Lipinski definition) is 8. The highest BCUT2D eigenvalue weighted by Crippen LogP contribution is 2.28. The standard InChI is InChI=1S/C29H38N4O6/c1-18-12-21(15-32(3)28(18)35)27-31-24-8-7-20(13-25(24)33(27)16-22-6-4-5-10-38-22)14-30-26(19(2)34)29(36)39-23-9-11-37-17-23/h7-8,12-13,15,19,22-23,26,30,34H,4-6,9-11,14,16-17H2,1-3H3/t19?,22?,23-,26-/m0/s1. The average Bonchev–Trinajstić information content (AvgIpc) is 3.55. The highest BCUT2D eigenvalue weighted by molar-refractivity contribution is 5.81. The van der Waals surface area contributed by atoms with Gasteiger partial charge in [0.25, 0.3) is 5.56 Å². The lowest BCUT2D eigenvalue weighted by atomic mass is 10.1. The van der Waals surface area contributed by atoms with E-state index >= 15 is 0 Å². The number of hydrogen-bond donors (Lipinski definition) is 2. The van der Waals surface area contributed by atoms with E-state index in [4.69, 9.17) is 19.2 Å². The van der Waals surface area contributed by atoms with Gasteiger partial charge in [-0.2, -0.15) is 0 Å². The molecule has 4 atom stereocenters. The van der Waals surface area contributed by atoms with Gasteiger partial charge in [0.05, 0.1) is 43.0 Å². The largest absolute Gasteiger partial charge is 0.459 e. The van der Waals surface area contributed by atoms with Crippen LogP contribution in [0, 0.1) is 6.92 Å². The van der Waals surface area contributed by atoms with Crippen molar-refractivity contribution in [2.24, 2.45) is 7.05 Å². The molecule has 2 aliphatic heterocycles. The van der Waals surface area contributed by atoms with Crippen LogP contribution in [0.4, 0.5) is 0 Å². The van der Waals surface area contributed by atoms with E-state index in [0.29, 0.717) is 38.3 Å². The molecule has 0 bridgehead atoms. The van der Waals surface area contributed by atoms with Crippen molar-refractivity contribution in [2.75, 3.05) is 19.8 Å². The summed E-state index contributed by atoms with van der Waals surface area (Å²) in [6.07, 6.45) is 4.57. The minimum atomic E-state index is -0.919. The quantitative estimate of drug-likeness (QED) is 0.399. The van der Waals surface area contributed by atoms with Gasteiger partial charge in [-0.15, -0.1) is 0 Å². The SMILES string of the molecule is Cc1cc(-c2nc3ccc(CN[C@H](C(=O)O[C@H]4CCOC4)C(C)O)cc3n2CC2CCCCO2)cn(C)c1=O. The summed E-state index contributed by atoms with van der Waals surface area (Å²) >= 11 is 0. The summed E-state index contributed by atoms with van der Waals surface area (Å²) in [5.41, 5.74) is 4.23. The zero-order valence-corrected chi connectivity index (χ0v) is 22.9. The van der Waals surface area contributed by atoms with Crippen LogP contribution in [0.2, 0.25) is 0 Å². The number of nitrogens with zero attached hydrogens (tertiary/aromatic N) is 3. The number of pyridine rings is 1. The fourth-order valence-corrected chi connectivity index (χ4v) is 5.36. The Morgan fingerprint density at radius 2 is 2.10 bits per heavy atom. The molecule has 10 heteroatoms. The third-order valence-corrected chi connectivity index (χ3v) is 7.53. The number of carbonyl (C=O) groups excluding carboxylic acids is 1. The van der Waals surface area contributed by atoms with Crippen LogP contribution in [0.3, 0.4) is 0 Å². The molecule has 3 aromatic rings. The number of ether oxygens (including phenoxy) is 3. The van der Waals surface area contributed by atoms with Gasteiger partial charge in [0.2, 0.25) is 0 Å². The van der Waals surface area contributed by atoms with Crippen molar-refractivity contribution in [3.8, 4) is 11.4 Å². The maximum Gasteiger partial charge on any atom is 0.326 e. The molecule has 2 fully saturated rings. The third kappa shape index (κ3) is 6.24. The summed E-state index contributed by atoms with van der Waals surface area (Å²) in [5.74, 6) is 0.306. The van der Waals surface area contributed by atoms with E-state index < -0.39 is 18.1 Å². The number of aryl methyl sites for hydroxylation is 2. The van der Waals surface area contributed by atoms with Crippen LogP contribution in [-0.2, 0) is 39.1 Å². The smallest absolute Gasteiger partial charge is 0.326 e. The molecule has 0 spiro atoms. The Bertz CT molecular complexity index is 1340. The van der Waals surface area contributed by atoms with Gasteiger partial charge in [0.15, 0.2) is 0 Å². The van der Waals surface area contributed by atoms with Crippen molar-refractivity contribution < 1.29 is 24.1 Å². The Morgan fingerprint density at radius 3 is 2.79 bits per heavy atom. The monoisotopic (exact) mass is 538 g/mol. The van der Waals surface area contributed by atoms with Gasteiger partial charge in [-0.05, 0) is 56.9 Å². The molecule has 4 heterocycles. The van der Waals surface area contributed by atoms with E-state index in [1.807, 2.05) is 31.3 Å². The van der Waals surface area contributed by atoms with Crippen LogP contribution in [-0.4, -0.2) is 69.4 Å². The summed E-state index contributed by atoms with van der Waals surface area (Å²) < 4.78 is 20.7. The van der Waals surface area contributed by atoms with Gasteiger partial charge in [-0.25, -0.2) is 4.98 Å². The molecule has 0 radical (unpaired) electrons. The number of fused-ring (bicyclic) bond motifs is 1. The lowest BCUT2D eigenvalue weighted by Gasteiger charge is -2.24. The highest BCUT2D eigenvalue weighted by atomic mass is 16.6. The van der Waals surface area contributed by atoms with E-state index in [1.54, 1.807) is 18.5 Å². The molecule has 1 aromatic carbocycles. The summed E-state index contributed by atoms with van der Waals surface area (Å²) in [4.78, 5) is 30.0. The van der Waals surface area contributed by atoms with Gasteiger partial charge < -0.3 is 28.5 Å². The summed E-state index contributed by atoms with van der Waals surface area (Å²) in [7, 11) is 1.75. The number of carbonyl (C=O) groups is 1. The topological polar surface area (TPSA) is 117 Å². The molecule has 39 heavy (non-hydrogen) atoms. The molecule has 210 valence electrons. The molecular weight excluding hydrogens is 500 g/mol. The first-order valence-electron chi connectivity index (χ1n) is 13.8. The maximum absolute atomic E-state index is 12.7. The predicted octanol–water partition coefficient (Wildman–Crippen LogP) is 2.45. The van der Waals surface area contributed by atoms with Crippen LogP contribution >= 0.6 is 0 Å². The van der Waals surface area contributed by atoms with Gasteiger partial charge in [-0.1, -0.05) is 6.07 Å². The number of nitrogens with one attached hydrogen (secondary N) is 1. The molecule has 2 aliphatic rings. The van der Waals surface area contributed by atoms with Crippen molar-refractivity contribution >= 4 is 17.0 Å². The second-order valence-corrected chi connectivity index (χ2v) is 10.7. The van der Waals surface area contributed by atoms with Crippen molar-refractivity contribution in [2.45, 2.75) is 77.0 Å². The normalized spacial score (nSPS) is 21.2. The Balaban J connectivity index is 1.43. The summed E-state index contributed by atoms with van der Waals surface area (Å²) in [5, 5.41) is 13.5. The average molecular weight is 539 g/mol. The second kappa shape index (κ2) is 12.0. The van der Waals surface area contributed by atoms with E-state index in [0.717, 1.165) is 53.9 Å². The van der Waals surface area contributed by atoms with E-state index in [9.17, 15) is 14.7 Å². The van der Waals surface area contributed by atoms with Gasteiger partial charge in [-0.3, -0.25) is 14.9 Å². The van der Waals surface area contributed by atoms with E-state index in [2.05, 4.69) is 16.0 Å². The molecular formula is C29H38N4O6. The van der Waals surface area contributed by atoms with Gasteiger partial charge in [0.1, 0.15) is 18.0 Å². The predicted molar refractivity (Wildman–Crippen MR) is 146 cm³/mol. The van der Waals surface area contributed by atoms with Crippen LogP contribution in [0.15, 0.2) is 35.3 Å². The minimum Gasteiger partial charge on any atom is -0.459 e. The fraction of sp³-hybridized carbons (Fsp3) is 0.552. The van der Waals surface area contributed by atoms with Crippen molar-refractivity contribution in [3.63, 3.8) is 0 Å². The van der Waals surface area contributed by atoms with E-state index in [-0.39, 0.29) is 17.8 Å². The number of rotatable bonds is 9. The lowest BCUT2D eigenvalue weighted by Crippen LogP contribution is -2.46. The molecule has 2 saturated heterocycles. The highest BCUT2D eigenvalue weighted by Gasteiger charge is 2.29. The third-order valence-electron chi connectivity index (χ3n) is 7.53. The number of aliphatic hydroxyl groups is 1. The van der Waals surface area contributed by atoms with Crippen molar-refractivity contribution in [3.05, 3.63) is 51.9 Å². The van der Waals surface area contributed by atoms with Crippen LogP contribution in [0.25, 0.3) is 22.4 Å². The number of aromatic nitrogens is 3. The molecule has 0 saturated carbocycles. The Hall–Kier alpha value is -3.05. The molecule has 0 aliphatic carbocycles. The second-order valence-electron chi connectivity index (χ2n) is 10.7. The minimum absolute atomic E-state index is 0.0305. The lowest BCUT2D eigenvalue weighted by molar-refractivity contribution is -0.154. The molecule has 2 aromatic heterocycles. The fourth-order valence-electron chi connectivity index (χ4n) is 5.36. The number of aliphatic hydroxyl groups excluding tert-OH is 1. The molecule has 0 amide bonds. The Morgan fingerprint density at radius 1 is 1.26 bits per heavy atom. The summed E-state index contributed by atoms with van der Waals surface area (Å²) in [6, 6.07) is 7.03. The summed E-state index contributed by atoms with van der Waals surface area (Å²) in [6.45, 7) is 6.12. The number of imidazole rings is 1. The number of esters is 1. The molecule has 2 N–H and O–H groups in total. The maximum atomic E-state index is 12.7. The first kappa shape index (κ1) is 27.5. The first-order valence-corrected chi connectivity index (χ1v) is 13.8. The molecule has 2 unspecified atom stereocenters. The van der Waals surface area contributed by atoms with Gasteiger partial charge >= 0.3 is 5.97 Å². The van der Waals surface area contributed by atoms with Crippen molar-refractivity contribution in [1.82, 2.24) is 19.4 Å². The molecule has 10 nitrogen and oxygen atoms in total. The number of benzene rings is 1. The van der Waals surface area contributed by atoms with Gasteiger partial charge in [0, 0.05) is 43.9 Å². The van der Waals surface area contributed by atoms with Crippen molar-refractivity contribution in [1.29, 1.82) is 0 Å². The zero-order valence-electron chi connectivity index (χ0n) is 22.9. The van der Waals surface area contributed by atoms with Crippen LogP contribution in [0.1, 0.15) is 43.7 Å². The van der Waals surface area contributed by atoms with Crippen LogP contribution < -0.4 is 10.9 Å². The zero-order chi connectivity index (χ0) is 27.5. The van der Waals surface area contributed by atoms with Crippen LogP contribution in [0.5, 0.6) is 0 Å². The Labute approximate surface area is 227 Å². The molecule has 5 rings (SSSR count). The Kier molecular flexibility index (Phi) is 8.46. The van der Waals surface area contributed by atoms with E-state index in [1.165, 1.54) is 0 Å². The first-order chi connectivity index (χ1) is 18.8.